The number of halogens is 1. The van der Waals surface area contributed by atoms with Crippen molar-refractivity contribution in [1.82, 2.24) is 4.98 Å². The van der Waals surface area contributed by atoms with Crippen LogP contribution >= 0.6 is 22.9 Å². The van der Waals surface area contributed by atoms with Crippen LogP contribution in [0.15, 0.2) is 35.7 Å². The Morgan fingerprint density at radius 3 is 2.57 bits per heavy atom. The highest BCUT2D eigenvalue weighted by atomic mass is 35.5. The first-order valence-electron chi connectivity index (χ1n) is 7.62. The van der Waals surface area contributed by atoms with E-state index >= 15 is 0 Å². The lowest BCUT2D eigenvalue weighted by Crippen LogP contribution is -2.25. The predicted octanol–water partition coefficient (Wildman–Crippen LogP) is 5.12. The molecule has 0 radical (unpaired) electrons. The zero-order valence-corrected chi connectivity index (χ0v) is 14.2. The van der Waals surface area contributed by atoms with E-state index in [1.54, 1.807) is 11.3 Å². The Morgan fingerprint density at radius 1 is 1.14 bits per heavy atom. The molecular weight excluding hydrogens is 300 g/mol. The summed E-state index contributed by atoms with van der Waals surface area (Å²) in [6.45, 7) is 4.46. The van der Waals surface area contributed by atoms with Crippen molar-refractivity contribution in [3.63, 3.8) is 0 Å². The molecule has 2 aromatic rings. The third kappa shape index (κ3) is 5.33. The number of thiazole rings is 1. The molecule has 0 aliphatic heterocycles. The molecule has 2 nitrogen and oxygen atoms in total. The normalized spacial score (nSPS) is 10.8. The van der Waals surface area contributed by atoms with Crippen LogP contribution in [0.4, 0.5) is 5.69 Å². The molecule has 0 amide bonds. The van der Waals surface area contributed by atoms with Gasteiger partial charge in [-0.2, -0.15) is 0 Å². The van der Waals surface area contributed by atoms with E-state index in [4.69, 9.17) is 11.6 Å². The Kier molecular flexibility index (Phi) is 7.04. The van der Waals surface area contributed by atoms with E-state index in [1.165, 1.54) is 23.5 Å². The van der Waals surface area contributed by atoms with E-state index in [2.05, 4.69) is 52.5 Å². The maximum Gasteiger partial charge on any atom is 0.0929 e. The van der Waals surface area contributed by atoms with Crippen LogP contribution in [0, 0.1) is 0 Å². The summed E-state index contributed by atoms with van der Waals surface area (Å²) in [5, 5.41) is 3.27. The fourth-order valence-corrected chi connectivity index (χ4v) is 3.37. The summed E-state index contributed by atoms with van der Waals surface area (Å²) >= 11 is 7.52. The van der Waals surface area contributed by atoms with Crippen LogP contribution in [-0.2, 0) is 12.3 Å². The number of hydrogen-bond acceptors (Lipinski definition) is 3. The summed E-state index contributed by atoms with van der Waals surface area (Å²) in [5.41, 5.74) is 2.33. The number of benzene rings is 1. The van der Waals surface area contributed by atoms with Crippen LogP contribution in [0.5, 0.6) is 0 Å². The number of nitrogens with zero attached hydrogens (tertiary/aromatic N) is 2. The minimum absolute atomic E-state index is 0.517. The first-order chi connectivity index (χ1) is 10.3. The molecule has 1 heterocycles. The Hall–Kier alpha value is -1.06. The third-order valence-electron chi connectivity index (χ3n) is 3.46. The van der Waals surface area contributed by atoms with Gasteiger partial charge in [0.2, 0.25) is 0 Å². The standard InChI is InChI=1S/C17H23ClN2S/c1-2-3-11-20(16-8-5-4-6-9-16)12-7-10-17-19-15(13-18)14-21-17/h4-6,8-9,14H,2-3,7,10-13H2,1H3. The Labute approximate surface area is 136 Å². The second-order valence-corrected chi connectivity index (χ2v) is 6.36. The van der Waals surface area contributed by atoms with Crippen molar-refractivity contribution in [3.8, 4) is 0 Å². The first kappa shape index (κ1) is 16.3. The van der Waals surface area contributed by atoms with Crippen molar-refractivity contribution in [2.75, 3.05) is 18.0 Å². The minimum atomic E-state index is 0.517. The third-order valence-corrected chi connectivity index (χ3v) is 4.69. The van der Waals surface area contributed by atoms with E-state index in [-0.39, 0.29) is 0 Å². The van der Waals surface area contributed by atoms with Gasteiger partial charge in [0.05, 0.1) is 16.6 Å². The molecule has 0 saturated carbocycles. The van der Waals surface area contributed by atoms with Crippen molar-refractivity contribution in [1.29, 1.82) is 0 Å². The van der Waals surface area contributed by atoms with E-state index in [9.17, 15) is 0 Å². The topological polar surface area (TPSA) is 16.1 Å². The minimum Gasteiger partial charge on any atom is -0.372 e. The van der Waals surface area contributed by atoms with Gasteiger partial charge >= 0.3 is 0 Å². The van der Waals surface area contributed by atoms with E-state index in [0.717, 1.165) is 31.6 Å². The fourth-order valence-electron chi connectivity index (χ4n) is 2.30. The lowest BCUT2D eigenvalue weighted by molar-refractivity contribution is 0.683. The summed E-state index contributed by atoms with van der Waals surface area (Å²) in [4.78, 5) is 7.01. The summed E-state index contributed by atoms with van der Waals surface area (Å²) in [6, 6.07) is 10.7. The van der Waals surface area contributed by atoms with Gasteiger partial charge in [-0.05, 0) is 25.0 Å². The molecule has 0 unspecified atom stereocenters. The number of para-hydroxylation sites is 1. The SMILES string of the molecule is CCCCN(CCCc1nc(CCl)cs1)c1ccccc1. The van der Waals surface area contributed by atoms with Gasteiger partial charge in [-0.25, -0.2) is 4.98 Å². The lowest BCUT2D eigenvalue weighted by atomic mass is 10.2. The van der Waals surface area contributed by atoms with E-state index < -0.39 is 0 Å². The van der Waals surface area contributed by atoms with Gasteiger partial charge in [0.15, 0.2) is 0 Å². The summed E-state index contributed by atoms with van der Waals surface area (Å²) in [5.74, 6) is 0.517. The Balaban J connectivity index is 1.86. The molecule has 0 aliphatic carbocycles. The van der Waals surface area contributed by atoms with Crippen LogP contribution in [0.3, 0.4) is 0 Å². The molecule has 114 valence electrons. The highest BCUT2D eigenvalue weighted by Crippen LogP contribution is 2.17. The molecule has 0 fully saturated rings. The van der Waals surface area contributed by atoms with Gasteiger partial charge in [-0.1, -0.05) is 31.5 Å². The van der Waals surface area contributed by atoms with Crippen LogP contribution in [0.1, 0.15) is 36.9 Å². The molecule has 0 spiro atoms. The van der Waals surface area contributed by atoms with Gasteiger partial charge in [-0.15, -0.1) is 22.9 Å². The number of anilines is 1. The quantitative estimate of drug-likeness (QED) is 0.595. The maximum atomic E-state index is 5.80. The van der Waals surface area contributed by atoms with Crippen molar-refractivity contribution >= 4 is 28.6 Å². The molecule has 0 atom stereocenters. The number of rotatable bonds is 9. The van der Waals surface area contributed by atoms with Crippen molar-refractivity contribution < 1.29 is 0 Å². The molecule has 4 heteroatoms. The maximum absolute atomic E-state index is 5.80. The van der Waals surface area contributed by atoms with E-state index in [0.29, 0.717) is 5.88 Å². The Bertz CT molecular complexity index is 513. The average Bonchev–Trinajstić information content (AvgIpc) is 2.99. The van der Waals surface area contributed by atoms with E-state index in [1.807, 2.05) is 0 Å². The summed E-state index contributed by atoms with van der Waals surface area (Å²) < 4.78 is 0. The fraction of sp³-hybridized carbons (Fsp3) is 0.471. The van der Waals surface area contributed by atoms with Crippen molar-refractivity contribution in [2.24, 2.45) is 0 Å². The van der Waals surface area contributed by atoms with Gasteiger partial charge < -0.3 is 4.90 Å². The van der Waals surface area contributed by atoms with Gasteiger partial charge in [0, 0.05) is 30.6 Å². The number of unbranched alkanes of at least 4 members (excludes halogenated alkanes) is 1. The number of aromatic nitrogens is 1. The van der Waals surface area contributed by atoms with Crippen LogP contribution < -0.4 is 4.90 Å². The highest BCUT2D eigenvalue weighted by molar-refractivity contribution is 7.09. The second kappa shape index (κ2) is 9.06. The smallest absolute Gasteiger partial charge is 0.0929 e. The van der Waals surface area contributed by atoms with Gasteiger partial charge in [0.25, 0.3) is 0 Å². The number of hydrogen-bond donors (Lipinski definition) is 0. The summed E-state index contributed by atoms with van der Waals surface area (Å²) in [7, 11) is 0. The van der Waals surface area contributed by atoms with Gasteiger partial charge in [-0.3, -0.25) is 0 Å². The van der Waals surface area contributed by atoms with Crippen LogP contribution in [0.25, 0.3) is 0 Å². The largest absolute Gasteiger partial charge is 0.372 e. The zero-order valence-electron chi connectivity index (χ0n) is 12.6. The first-order valence-corrected chi connectivity index (χ1v) is 9.04. The molecule has 1 aromatic carbocycles. The molecule has 2 rings (SSSR count). The second-order valence-electron chi connectivity index (χ2n) is 5.15. The lowest BCUT2D eigenvalue weighted by Gasteiger charge is -2.24. The van der Waals surface area contributed by atoms with Crippen molar-refractivity contribution in [3.05, 3.63) is 46.4 Å². The monoisotopic (exact) mass is 322 g/mol. The molecular formula is C17H23ClN2S. The van der Waals surface area contributed by atoms with Crippen molar-refractivity contribution in [2.45, 2.75) is 38.5 Å². The number of alkyl halides is 1. The highest BCUT2D eigenvalue weighted by Gasteiger charge is 2.07. The van der Waals surface area contributed by atoms with Gasteiger partial charge in [0.1, 0.15) is 0 Å². The van der Waals surface area contributed by atoms with Crippen LogP contribution in [0.2, 0.25) is 0 Å². The molecule has 21 heavy (non-hydrogen) atoms. The average molecular weight is 323 g/mol. The Morgan fingerprint density at radius 2 is 1.90 bits per heavy atom. The number of aryl methyl sites for hydroxylation is 1. The predicted molar refractivity (Wildman–Crippen MR) is 93.6 cm³/mol. The molecule has 0 N–H and O–H groups in total. The molecule has 0 bridgehead atoms. The van der Waals surface area contributed by atoms with Crippen LogP contribution in [-0.4, -0.2) is 18.1 Å². The molecule has 1 aromatic heterocycles. The molecule has 0 aliphatic rings. The summed E-state index contributed by atoms with van der Waals surface area (Å²) in [6.07, 6.45) is 4.64. The zero-order chi connectivity index (χ0) is 14.9. The molecule has 0 saturated heterocycles.